The van der Waals surface area contributed by atoms with Crippen molar-refractivity contribution in [2.75, 3.05) is 35.5 Å². The number of carbonyl (C=O) groups is 2. The molecular weight excluding hydrogens is 1170 g/mol. The number of methoxy groups -OCH3 is 5. The predicted octanol–water partition coefficient (Wildman–Crippen LogP) is 10.0. The molecule has 0 aliphatic rings. The Kier molecular flexibility index (Phi) is 35.8. The van der Waals surface area contributed by atoms with Crippen LogP contribution in [0.15, 0.2) is 114 Å². The summed E-state index contributed by atoms with van der Waals surface area (Å²) in [6, 6.07) is 11.3. The summed E-state index contributed by atoms with van der Waals surface area (Å²) in [5.41, 5.74) is 9.77. The topological polar surface area (TPSA) is 288 Å². The first kappa shape index (κ1) is 71.4. The van der Waals surface area contributed by atoms with Crippen LogP contribution in [0.3, 0.4) is 0 Å². The number of aromatic carboxylic acids is 1. The molecule has 0 aliphatic heterocycles. The lowest BCUT2D eigenvalue weighted by molar-refractivity contribution is 0.0689. The van der Waals surface area contributed by atoms with Crippen molar-refractivity contribution in [1.82, 2.24) is 54.0 Å². The highest BCUT2D eigenvalue weighted by Crippen LogP contribution is 2.27. The standard InChI is InChI=1S/C11H10N4O.C11H11N3O3.C7H7BrN2O2.C7H5BrN2O.C7H6N2O.C4H6N2.C3H4.C2H2.CH4.H3P/c1-8-6-15(7-14-8)10-5-13-9(4-12)3-11(10)16-2;1-7-5-14(6-13-7)9-4-12-8(11(15)16)3-10(9)17-2;1-12-6-2-5(7(9)11)10-3-4(6)8;1-9-7-3-6(11-2)5(8)4-10-7;1-8-7-5-6(10-2)3-4-9-7;1-4-2-5-3-6-4;1-3-2;1-2;;/h3,5-7H,1-2H3;3-6H,1-2H3,(H,15,16);2-3H,1H3,(H2,9,11);3-4H,2H3;3-5H,2H3;2-3H,1H3,(H,5,6);1H,2H3;1-2H;1H4;1H3. The molecule has 8 aromatic rings. The molecule has 0 bridgehead atoms. The van der Waals surface area contributed by atoms with Gasteiger partial charge in [0.2, 0.25) is 0 Å². The highest BCUT2D eigenvalue weighted by molar-refractivity contribution is 9.10. The molecule has 8 rings (SSSR count). The van der Waals surface area contributed by atoms with E-state index >= 15 is 0 Å². The second-order valence-electron chi connectivity index (χ2n) is 13.8. The maximum atomic E-state index is 10.8. The van der Waals surface area contributed by atoms with Gasteiger partial charge >= 0.3 is 5.97 Å². The number of nitrogens with two attached hydrogens (primary N) is 1. The molecule has 26 heteroatoms. The Balaban J connectivity index is 0. The smallest absolute Gasteiger partial charge is 0.354 e. The highest BCUT2D eigenvalue weighted by Gasteiger charge is 2.13. The molecule has 1 atom stereocenters. The number of pyridine rings is 5. The van der Waals surface area contributed by atoms with Crippen LogP contribution in [-0.4, -0.2) is 107 Å². The van der Waals surface area contributed by atoms with Crippen LogP contribution in [0.25, 0.3) is 21.1 Å². The number of aromatic nitrogens is 11. The molecule has 0 aromatic carbocycles. The van der Waals surface area contributed by atoms with Crippen LogP contribution in [-0.2, 0) is 0 Å². The summed E-state index contributed by atoms with van der Waals surface area (Å²) in [5, 5.41) is 17.6. The maximum absolute atomic E-state index is 10.8. The zero-order valence-electron chi connectivity index (χ0n) is 43.7. The third-order valence-corrected chi connectivity index (χ3v) is 9.77. The first-order chi connectivity index (χ1) is 36.9. The molecule has 1 amide bonds. The van der Waals surface area contributed by atoms with E-state index < -0.39 is 11.9 Å². The number of carbonyl (C=O) groups excluding carboxylic acids is 1. The van der Waals surface area contributed by atoms with Crippen LogP contribution in [0.5, 0.6) is 28.7 Å². The largest absolute Gasteiger partial charge is 0.498 e. The number of ether oxygens (including phenoxy) is 5. The number of primary amides is 1. The number of terminal acetylenes is 2. The molecule has 412 valence electrons. The molecule has 0 spiro atoms. The van der Waals surface area contributed by atoms with Crippen molar-refractivity contribution in [3.63, 3.8) is 0 Å². The fourth-order valence-corrected chi connectivity index (χ4v) is 5.87. The van der Waals surface area contributed by atoms with Gasteiger partial charge in [0.1, 0.15) is 70.0 Å². The van der Waals surface area contributed by atoms with E-state index in [1.54, 1.807) is 107 Å². The number of hydrogen-bond donors (Lipinski definition) is 3. The molecule has 0 fully saturated rings. The Labute approximate surface area is 479 Å². The molecule has 8 aromatic heterocycles. The number of aromatic amines is 1. The summed E-state index contributed by atoms with van der Waals surface area (Å²) in [7, 11) is 7.65. The summed E-state index contributed by atoms with van der Waals surface area (Å²) < 4.78 is 30.1. The second-order valence-corrected chi connectivity index (χ2v) is 15.5. The molecule has 79 heavy (non-hydrogen) atoms. The zero-order chi connectivity index (χ0) is 57.9. The van der Waals surface area contributed by atoms with Gasteiger partial charge in [-0.2, -0.15) is 15.2 Å². The molecule has 23 nitrogen and oxygen atoms in total. The minimum absolute atomic E-state index is 0. The lowest BCUT2D eigenvalue weighted by Gasteiger charge is -2.08. The summed E-state index contributed by atoms with van der Waals surface area (Å²) >= 11 is 6.43. The Bertz CT molecular complexity index is 3330. The number of halogens is 2. The minimum atomic E-state index is -1.09. The van der Waals surface area contributed by atoms with E-state index in [-0.39, 0.29) is 28.7 Å². The Morgan fingerprint density at radius 2 is 1.18 bits per heavy atom. The number of aryl methyl sites for hydroxylation is 3. The Morgan fingerprint density at radius 1 is 0.709 bits per heavy atom. The quantitative estimate of drug-likeness (QED) is 0.0688. The van der Waals surface area contributed by atoms with Crippen LogP contribution in [0.1, 0.15) is 58.1 Å². The van der Waals surface area contributed by atoms with Crippen LogP contribution in [0.2, 0.25) is 0 Å². The van der Waals surface area contributed by atoms with Gasteiger partial charge < -0.3 is 58.3 Å². The lowest BCUT2D eigenvalue weighted by Crippen LogP contribution is -2.12. The van der Waals surface area contributed by atoms with Crippen molar-refractivity contribution in [1.29, 1.82) is 5.26 Å². The number of nitrogens with one attached hydrogen (secondary N) is 1. The van der Waals surface area contributed by atoms with E-state index in [2.05, 4.69) is 112 Å². The van der Waals surface area contributed by atoms with Gasteiger partial charge in [-0.05, 0) is 59.6 Å². The van der Waals surface area contributed by atoms with Crippen molar-refractivity contribution in [3.05, 3.63) is 171 Å². The third-order valence-electron chi connectivity index (χ3n) is 8.58. The molecule has 1 unspecified atom stereocenters. The van der Waals surface area contributed by atoms with Crippen molar-refractivity contribution < 1.29 is 38.4 Å². The number of nitrogens with zero attached hydrogens (tertiary/aromatic N) is 13. The first-order valence-corrected chi connectivity index (χ1v) is 22.9. The molecule has 0 saturated heterocycles. The number of H-pyrrole nitrogens is 1. The number of carboxylic acids is 1. The summed E-state index contributed by atoms with van der Waals surface area (Å²) in [5.74, 6) is 4.17. The van der Waals surface area contributed by atoms with Crippen molar-refractivity contribution in [2.45, 2.75) is 35.1 Å². The molecule has 0 aliphatic carbocycles. The van der Waals surface area contributed by atoms with Gasteiger partial charge in [-0.15, -0.1) is 35.2 Å². The van der Waals surface area contributed by atoms with Crippen LogP contribution < -0.4 is 29.4 Å². The van der Waals surface area contributed by atoms with Gasteiger partial charge in [-0.25, -0.2) is 34.7 Å². The van der Waals surface area contributed by atoms with E-state index in [1.165, 1.54) is 38.7 Å². The van der Waals surface area contributed by atoms with E-state index in [0.717, 1.165) is 27.2 Å². The van der Waals surface area contributed by atoms with Gasteiger partial charge in [0.25, 0.3) is 17.5 Å². The first-order valence-electron chi connectivity index (χ1n) is 21.3. The van der Waals surface area contributed by atoms with E-state index in [4.69, 9.17) is 52.9 Å². The normalized spacial score (nSPS) is 8.72. The summed E-state index contributed by atoms with van der Waals surface area (Å²) in [4.78, 5) is 61.8. The van der Waals surface area contributed by atoms with E-state index in [1.807, 2.05) is 37.6 Å². The molecule has 4 N–H and O–H groups in total. The molecule has 0 saturated carbocycles. The molecule has 0 radical (unpaired) electrons. The third kappa shape index (κ3) is 25.1. The van der Waals surface area contributed by atoms with Gasteiger partial charge in [-0.3, -0.25) is 4.79 Å². The van der Waals surface area contributed by atoms with Crippen molar-refractivity contribution >= 4 is 65.3 Å². The number of carboxylic acid groups (broad SMARTS) is 1. The van der Waals surface area contributed by atoms with E-state index in [0.29, 0.717) is 56.2 Å². The Hall–Kier alpha value is -9.70. The molecule has 8 heterocycles. The van der Waals surface area contributed by atoms with Gasteiger partial charge in [-0.1, -0.05) is 20.6 Å². The average molecular weight is 1220 g/mol. The number of nitriles is 1. The maximum Gasteiger partial charge on any atom is 0.354 e. The monoisotopic (exact) mass is 1220 g/mol. The predicted molar refractivity (Wildman–Crippen MR) is 311 cm³/mol. The van der Waals surface area contributed by atoms with Crippen molar-refractivity contribution in [3.8, 4) is 71.4 Å². The van der Waals surface area contributed by atoms with E-state index in [9.17, 15) is 9.59 Å². The summed E-state index contributed by atoms with van der Waals surface area (Å²) in [6.45, 7) is 20.7. The highest BCUT2D eigenvalue weighted by atomic mass is 79.9. The second kappa shape index (κ2) is 39.7. The number of hydrogen-bond acceptors (Lipinski definition) is 16. The number of amides is 1. The summed E-state index contributed by atoms with van der Waals surface area (Å²) in [6.07, 6.45) is 30.6. The minimum Gasteiger partial charge on any atom is -0.498 e. The van der Waals surface area contributed by atoms with Gasteiger partial charge in [0.05, 0.1) is 87.3 Å². The lowest BCUT2D eigenvalue weighted by atomic mass is 10.3. The molecular formula is C53H58Br2N15O8P. The van der Waals surface area contributed by atoms with Crippen LogP contribution in [0, 0.1) is 70.4 Å². The SMILES string of the molecule is C.C#C.C#CC.COc1cc(C#N)ncc1-n1cnc(C)c1.COc1cc(C(=O)O)ncc1-n1cnc(C)c1.COc1cc(C(N)=O)ncc1Br.Cc1cnc[nH]1.P.[C-]#[N+]c1cc(OC)c(Br)cn1.[C-]#[N+]c1cc(OC)ccn1. The fourth-order valence-electron chi connectivity index (χ4n) is 5.11. The van der Waals surface area contributed by atoms with Gasteiger partial charge in [0, 0.05) is 66.9 Å². The zero-order valence-corrected chi connectivity index (χ0v) is 48.3. The van der Waals surface area contributed by atoms with Gasteiger partial charge in [0.15, 0.2) is 5.69 Å². The van der Waals surface area contributed by atoms with Crippen molar-refractivity contribution in [2.24, 2.45) is 5.73 Å². The number of imidazole rings is 3. The fraction of sp³-hybridized carbons (Fsp3) is 0.189. The number of rotatable bonds is 9. The Morgan fingerprint density at radius 3 is 1.58 bits per heavy atom. The average Bonchev–Trinajstić information content (AvgIpc) is 4.26. The van der Waals surface area contributed by atoms with Crippen LogP contribution in [0.4, 0.5) is 11.6 Å². The van der Waals surface area contributed by atoms with Crippen LogP contribution >= 0.6 is 41.8 Å².